The van der Waals surface area contributed by atoms with Gasteiger partial charge in [-0.1, -0.05) is 45.8 Å². The second-order valence-corrected chi connectivity index (χ2v) is 7.37. The van der Waals surface area contributed by atoms with Crippen LogP contribution < -0.4 is 4.72 Å². The van der Waals surface area contributed by atoms with Gasteiger partial charge in [0.2, 0.25) is 10.0 Å². The normalized spacial score (nSPS) is 11.6. The third-order valence-corrected chi connectivity index (χ3v) is 5.03. The van der Waals surface area contributed by atoms with Crippen molar-refractivity contribution in [2.24, 2.45) is 0 Å². The van der Waals surface area contributed by atoms with E-state index in [2.05, 4.69) is 20.7 Å². The summed E-state index contributed by atoms with van der Waals surface area (Å²) in [6.07, 6.45) is 0. The zero-order valence-electron chi connectivity index (χ0n) is 11.4. The molecule has 0 saturated heterocycles. The summed E-state index contributed by atoms with van der Waals surface area (Å²) < 4.78 is 28.2. The molecule has 0 aliphatic rings. The Morgan fingerprint density at radius 2 is 1.85 bits per heavy atom. The molecule has 0 atom stereocenters. The lowest BCUT2D eigenvalue weighted by Gasteiger charge is -2.10. The highest BCUT2D eigenvalue weighted by Crippen LogP contribution is 2.17. The van der Waals surface area contributed by atoms with E-state index in [1.165, 1.54) is 0 Å². The molecule has 5 heteroatoms. The van der Waals surface area contributed by atoms with E-state index in [9.17, 15) is 8.42 Å². The summed E-state index contributed by atoms with van der Waals surface area (Å²) >= 11 is 3.37. The van der Waals surface area contributed by atoms with E-state index >= 15 is 0 Å². The molecule has 0 heterocycles. The first-order chi connectivity index (χ1) is 9.38. The summed E-state index contributed by atoms with van der Waals surface area (Å²) in [5.74, 6) is 0. The molecule has 3 nitrogen and oxygen atoms in total. The van der Waals surface area contributed by atoms with Crippen LogP contribution >= 0.6 is 15.9 Å². The van der Waals surface area contributed by atoms with E-state index in [1.807, 2.05) is 37.3 Å². The molecule has 0 bridgehead atoms. The Balaban J connectivity index is 2.19. The van der Waals surface area contributed by atoms with Gasteiger partial charge >= 0.3 is 0 Å². The monoisotopic (exact) mass is 353 g/mol. The average molecular weight is 354 g/mol. The number of sulfonamides is 1. The zero-order chi connectivity index (χ0) is 14.8. The Morgan fingerprint density at radius 3 is 2.50 bits per heavy atom. The Morgan fingerprint density at radius 1 is 1.10 bits per heavy atom. The number of nitrogens with one attached hydrogen (secondary N) is 1. The minimum atomic E-state index is -3.48. The summed E-state index contributed by atoms with van der Waals surface area (Å²) in [4.78, 5) is 0.332. The van der Waals surface area contributed by atoms with Crippen molar-refractivity contribution >= 4 is 26.0 Å². The van der Waals surface area contributed by atoms with Crippen molar-refractivity contribution < 1.29 is 8.42 Å². The van der Waals surface area contributed by atoms with Crippen LogP contribution in [0.15, 0.2) is 51.8 Å². The predicted molar refractivity (Wildman–Crippen MR) is 84.1 cm³/mol. The molecule has 2 aromatic carbocycles. The largest absolute Gasteiger partial charge is 0.241 e. The van der Waals surface area contributed by atoms with Gasteiger partial charge in [-0.2, -0.15) is 0 Å². The minimum Gasteiger partial charge on any atom is -0.207 e. The highest BCUT2D eigenvalue weighted by molar-refractivity contribution is 9.10. The maximum atomic E-state index is 12.3. The summed E-state index contributed by atoms with van der Waals surface area (Å²) in [5, 5.41) is 0. The number of hydrogen-bond donors (Lipinski definition) is 1. The highest BCUT2D eigenvalue weighted by atomic mass is 79.9. The Hall–Kier alpha value is -1.17. The van der Waals surface area contributed by atoms with Gasteiger partial charge in [0.25, 0.3) is 0 Å². The maximum absolute atomic E-state index is 12.3. The molecule has 0 fully saturated rings. The molecule has 0 spiro atoms. The SMILES string of the molecule is Cc1ccc(S(=O)(=O)NCc2cccc(Br)c2)c(C)c1. The summed E-state index contributed by atoms with van der Waals surface area (Å²) in [6.45, 7) is 4.02. The van der Waals surface area contributed by atoms with E-state index in [0.29, 0.717) is 4.90 Å². The van der Waals surface area contributed by atoms with Crippen molar-refractivity contribution in [1.82, 2.24) is 4.72 Å². The van der Waals surface area contributed by atoms with Gasteiger partial charge in [0.05, 0.1) is 4.90 Å². The van der Waals surface area contributed by atoms with Crippen molar-refractivity contribution in [2.45, 2.75) is 25.3 Å². The first-order valence-electron chi connectivity index (χ1n) is 6.20. The van der Waals surface area contributed by atoms with Crippen LogP contribution in [0.1, 0.15) is 16.7 Å². The standard InChI is InChI=1S/C15H16BrNO2S/c1-11-6-7-15(12(2)8-11)20(18,19)17-10-13-4-3-5-14(16)9-13/h3-9,17H,10H2,1-2H3. The van der Waals surface area contributed by atoms with Gasteiger partial charge < -0.3 is 0 Å². The summed E-state index contributed by atoms with van der Waals surface area (Å²) in [5.41, 5.74) is 2.72. The topological polar surface area (TPSA) is 46.2 Å². The van der Waals surface area contributed by atoms with Gasteiger partial charge in [-0.3, -0.25) is 0 Å². The number of rotatable bonds is 4. The zero-order valence-corrected chi connectivity index (χ0v) is 13.8. The van der Waals surface area contributed by atoms with Crippen LogP contribution in [-0.2, 0) is 16.6 Å². The van der Waals surface area contributed by atoms with E-state index < -0.39 is 10.0 Å². The minimum absolute atomic E-state index is 0.273. The van der Waals surface area contributed by atoms with Crippen molar-refractivity contribution in [3.63, 3.8) is 0 Å². The molecular formula is C15H16BrNO2S. The highest BCUT2D eigenvalue weighted by Gasteiger charge is 2.16. The molecule has 0 unspecified atom stereocenters. The van der Waals surface area contributed by atoms with Gasteiger partial charge in [0, 0.05) is 11.0 Å². The van der Waals surface area contributed by atoms with Crippen LogP contribution in [0.25, 0.3) is 0 Å². The summed E-state index contributed by atoms with van der Waals surface area (Å²) in [6, 6.07) is 12.9. The Kier molecular flexibility index (Phi) is 4.62. The van der Waals surface area contributed by atoms with E-state index in [4.69, 9.17) is 0 Å². The van der Waals surface area contributed by atoms with Crippen molar-refractivity contribution in [2.75, 3.05) is 0 Å². The molecular weight excluding hydrogens is 338 g/mol. The van der Waals surface area contributed by atoms with Gasteiger partial charge in [-0.25, -0.2) is 13.1 Å². The fourth-order valence-electron chi connectivity index (χ4n) is 2.00. The van der Waals surface area contributed by atoms with Gasteiger partial charge in [0.15, 0.2) is 0 Å². The van der Waals surface area contributed by atoms with Crippen LogP contribution in [0.4, 0.5) is 0 Å². The van der Waals surface area contributed by atoms with Crippen LogP contribution in [0.5, 0.6) is 0 Å². The molecule has 20 heavy (non-hydrogen) atoms. The molecule has 2 aromatic rings. The van der Waals surface area contributed by atoms with Crippen molar-refractivity contribution in [1.29, 1.82) is 0 Å². The number of aryl methyl sites for hydroxylation is 2. The number of halogens is 1. The molecule has 0 aromatic heterocycles. The lowest BCUT2D eigenvalue weighted by molar-refractivity contribution is 0.580. The molecule has 0 saturated carbocycles. The summed E-state index contributed by atoms with van der Waals surface area (Å²) in [7, 11) is -3.48. The molecule has 0 aliphatic heterocycles. The lowest BCUT2D eigenvalue weighted by Crippen LogP contribution is -2.24. The van der Waals surface area contributed by atoms with Crippen molar-refractivity contribution in [3.05, 3.63) is 63.6 Å². The van der Waals surface area contributed by atoms with Crippen LogP contribution in [0.2, 0.25) is 0 Å². The first kappa shape index (κ1) is 15.2. The first-order valence-corrected chi connectivity index (χ1v) is 8.47. The molecule has 1 N–H and O–H groups in total. The van der Waals surface area contributed by atoms with Crippen LogP contribution in [-0.4, -0.2) is 8.42 Å². The predicted octanol–water partition coefficient (Wildman–Crippen LogP) is 3.54. The average Bonchev–Trinajstić information content (AvgIpc) is 2.36. The smallest absolute Gasteiger partial charge is 0.207 e. The fourth-order valence-corrected chi connectivity index (χ4v) is 3.69. The van der Waals surface area contributed by atoms with E-state index in [0.717, 1.165) is 21.2 Å². The number of benzene rings is 2. The third kappa shape index (κ3) is 3.69. The molecule has 2 rings (SSSR count). The van der Waals surface area contributed by atoms with Gasteiger partial charge in [0.1, 0.15) is 0 Å². The fraction of sp³-hybridized carbons (Fsp3) is 0.200. The second-order valence-electron chi connectivity index (χ2n) is 4.72. The Labute approximate surface area is 128 Å². The van der Waals surface area contributed by atoms with Gasteiger partial charge in [-0.05, 0) is 43.2 Å². The van der Waals surface area contributed by atoms with Crippen LogP contribution in [0.3, 0.4) is 0 Å². The molecule has 0 radical (unpaired) electrons. The second kappa shape index (κ2) is 6.08. The Bertz CT molecular complexity index is 726. The third-order valence-electron chi connectivity index (χ3n) is 2.98. The van der Waals surface area contributed by atoms with Gasteiger partial charge in [-0.15, -0.1) is 0 Å². The van der Waals surface area contributed by atoms with E-state index in [-0.39, 0.29) is 6.54 Å². The van der Waals surface area contributed by atoms with Crippen molar-refractivity contribution in [3.8, 4) is 0 Å². The number of hydrogen-bond acceptors (Lipinski definition) is 2. The quantitative estimate of drug-likeness (QED) is 0.913. The maximum Gasteiger partial charge on any atom is 0.241 e. The van der Waals surface area contributed by atoms with E-state index in [1.54, 1.807) is 19.1 Å². The molecule has 106 valence electrons. The van der Waals surface area contributed by atoms with Crippen LogP contribution in [0, 0.1) is 13.8 Å². The molecule has 0 amide bonds. The lowest BCUT2D eigenvalue weighted by atomic mass is 10.2. The molecule has 0 aliphatic carbocycles.